The van der Waals surface area contributed by atoms with Crippen molar-refractivity contribution in [1.29, 1.82) is 0 Å². The predicted octanol–water partition coefficient (Wildman–Crippen LogP) is 4.55. The smallest absolute Gasteiger partial charge is 0.341 e. The maximum absolute atomic E-state index is 11.7. The summed E-state index contributed by atoms with van der Waals surface area (Å²) in [5, 5.41) is 2.21. The van der Waals surface area contributed by atoms with Crippen LogP contribution < -0.4 is 0 Å². The van der Waals surface area contributed by atoms with E-state index in [1.807, 2.05) is 0 Å². The number of thiophene rings is 1. The fourth-order valence-corrected chi connectivity index (χ4v) is 5.44. The summed E-state index contributed by atoms with van der Waals surface area (Å²) in [6, 6.07) is 1.76. The van der Waals surface area contributed by atoms with Gasteiger partial charge in [0.15, 0.2) is 0 Å². The van der Waals surface area contributed by atoms with Crippen molar-refractivity contribution in [2.24, 2.45) is 0 Å². The summed E-state index contributed by atoms with van der Waals surface area (Å²) in [6.07, 6.45) is 6.40. The van der Waals surface area contributed by atoms with Crippen LogP contribution in [-0.2, 0) is 23.3 Å². The number of carbonyl (C=O) groups is 1. The molecule has 3 heterocycles. The number of rotatable bonds is 4. The molecule has 1 aliphatic rings. The van der Waals surface area contributed by atoms with Crippen LogP contribution in [0.1, 0.15) is 45.2 Å². The Bertz CT molecular complexity index is 945. The zero-order valence-corrected chi connectivity index (χ0v) is 15.8. The van der Waals surface area contributed by atoms with Gasteiger partial charge in [-0.1, -0.05) is 11.8 Å². The first-order valence-corrected chi connectivity index (χ1v) is 10.0. The van der Waals surface area contributed by atoms with E-state index in [9.17, 15) is 4.79 Å². The van der Waals surface area contributed by atoms with Crippen molar-refractivity contribution >= 4 is 39.3 Å². The highest BCUT2D eigenvalue weighted by atomic mass is 32.2. The Morgan fingerprint density at radius 3 is 3.04 bits per heavy atom. The molecule has 0 atom stereocenters. The zero-order valence-electron chi connectivity index (χ0n) is 14.1. The van der Waals surface area contributed by atoms with Gasteiger partial charge in [-0.3, -0.25) is 0 Å². The van der Waals surface area contributed by atoms with E-state index < -0.39 is 0 Å². The summed E-state index contributed by atoms with van der Waals surface area (Å²) in [6.45, 7) is 1.78. The molecule has 4 rings (SSSR count). The average molecular weight is 374 g/mol. The lowest BCUT2D eigenvalue weighted by Crippen LogP contribution is -2.00. The lowest BCUT2D eigenvalue weighted by Gasteiger charge is -2.11. The van der Waals surface area contributed by atoms with Crippen molar-refractivity contribution in [2.45, 2.75) is 43.4 Å². The quantitative estimate of drug-likeness (QED) is 0.379. The normalized spacial score (nSPS) is 13.8. The topological polar surface area (TPSA) is 65.2 Å². The van der Waals surface area contributed by atoms with Gasteiger partial charge in [-0.2, -0.15) is 0 Å². The van der Waals surface area contributed by atoms with Crippen molar-refractivity contribution in [2.75, 3.05) is 7.11 Å². The highest BCUT2D eigenvalue weighted by Gasteiger charge is 2.21. The third-order valence-electron chi connectivity index (χ3n) is 4.44. The number of nitrogens with zero attached hydrogens (tertiary/aromatic N) is 2. The van der Waals surface area contributed by atoms with Gasteiger partial charge in [0.1, 0.15) is 33.3 Å². The molecule has 0 saturated heterocycles. The van der Waals surface area contributed by atoms with Crippen molar-refractivity contribution in [3.8, 4) is 0 Å². The first-order valence-electron chi connectivity index (χ1n) is 8.23. The summed E-state index contributed by atoms with van der Waals surface area (Å²) in [5.41, 5.74) is 1.92. The van der Waals surface area contributed by atoms with Crippen LogP contribution in [-0.4, -0.2) is 23.0 Å². The molecule has 0 N–H and O–H groups in total. The third-order valence-corrected chi connectivity index (χ3v) is 6.65. The van der Waals surface area contributed by atoms with Gasteiger partial charge in [0.05, 0.1) is 12.9 Å². The minimum Gasteiger partial charge on any atom is -0.465 e. The van der Waals surface area contributed by atoms with Crippen LogP contribution in [0.15, 0.2) is 21.8 Å². The number of esters is 1. The lowest BCUT2D eigenvalue weighted by atomic mass is 9.97. The van der Waals surface area contributed by atoms with E-state index in [0.717, 1.165) is 28.5 Å². The van der Waals surface area contributed by atoms with Crippen LogP contribution in [0.3, 0.4) is 0 Å². The summed E-state index contributed by atoms with van der Waals surface area (Å²) >= 11 is 3.43. The van der Waals surface area contributed by atoms with E-state index >= 15 is 0 Å². The van der Waals surface area contributed by atoms with Gasteiger partial charge in [-0.25, -0.2) is 14.8 Å². The van der Waals surface area contributed by atoms with E-state index in [4.69, 9.17) is 9.15 Å². The Labute approximate surface area is 153 Å². The Balaban J connectivity index is 1.61. The molecule has 0 unspecified atom stereocenters. The monoisotopic (exact) mass is 374 g/mol. The largest absolute Gasteiger partial charge is 0.465 e. The second-order valence-corrected chi connectivity index (χ2v) is 8.08. The number of fused-ring (bicyclic) bond motifs is 3. The van der Waals surface area contributed by atoms with E-state index in [2.05, 4.69) is 9.97 Å². The van der Waals surface area contributed by atoms with E-state index in [0.29, 0.717) is 17.1 Å². The minimum atomic E-state index is -0.367. The molecule has 3 aromatic rings. The Morgan fingerprint density at radius 1 is 1.36 bits per heavy atom. The molecule has 0 saturated carbocycles. The highest BCUT2D eigenvalue weighted by molar-refractivity contribution is 7.98. The Morgan fingerprint density at radius 2 is 2.20 bits per heavy atom. The summed E-state index contributed by atoms with van der Waals surface area (Å²) < 4.78 is 10.5. The second-order valence-electron chi connectivity index (χ2n) is 6.03. The van der Waals surface area contributed by atoms with Gasteiger partial charge < -0.3 is 9.15 Å². The molecule has 5 nitrogen and oxygen atoms in total. The molecular formula is C18H18N2O3S2. The molecule has 0 fully saturated rings. The fourth-order valence-electron chi connectivity index (χ4n) is 3.24. The SMILES string of the molecule is COC(=O)c1cc(CSc2ncnc3sc4c(c23)CCCC4)oc1C. The van der Waals surface area contributed by atoms with Gasteiger partial charge >= 0.3 is 5.97 Å². The van der Waals surface area contributed by atoms with Crippen molar-refractivity contribution < 1.29 is 13.9 Å². The molecule has 0 bridgehead atoms. The summed E-state index contributed by atoms with van der Waals surface area (Å²) in [4.78, 5) is 23.2. The molecule has 3 aromatic heterocycles. The van der Waals surface area contributed by atoms with Gasteiger partial charge in [-0.15, -0.1) is 11.3 Å². The number of furan rings is 1. The number of hydrogen-bond donors (Lipinski definition) is 0. The van der Waals surface area contributed by atoms with Crippen LogP contribution in [0.4, 0.5) is 0 Å². The number of ether oxygens (including phenoxy) is 1. The molecule has 0 aromatic carbocycles. The summed E-state index contributed by atoms with van der Waals surface area (Å²) in [7, 11) is 1.38. The number of methoxy groups -OCH3 is 1. The first-order chi connectivity index (χ1) is 12.2. The Kier molecular flexibility index (Phi) is 4.52. The van der Waals surface area contributed by atoms with Crippen LogP contribution in [0.25, 0.3) is 10.2 Å². The maximum Gasteiger partial charge on any atom is 0.341 e. The van der Waals surface area contributed by atoms with Gasteiger partial charge in [0, 0.05) is 10.3 Å². The molecule has 0 amide bonds. The molecular weight excluding hydrogens is 356 g/mol. The zero-order chi connectivity index (χ0) is 17.4. The standard InChI is InChI=1S/C18H18N2O3S2/c1-10-13(18(21)22-2)7-11(23-10)8-24-16-15-12-5-3-4-6-14(12)25-17(15)20-9-19-16/h7,9H,3-6,8H2,1-2H3. The van der Waals surface area contributed by atoms with Crippen molar-refractivity contribution in [1.82, 2.24) is 9.97 Å². The van der Waals surface area contributed by atoms with Crippen LogP contribution in [0.2, 0.25) is 0 Å². The van der Waals surface area contributed by atoms with E-state index in [1.54, 1.807) is 42.4 Å². The maximum atomic E-state index is 11.7. The van der Waals surface area contributed by atoms with Crippen LogP contribution in [0, 0.1) is 6.92 Å². The van der Waals surface area contributed by atoms with Crippen molar-refractivity contribution in [3.63, 3.8) is 0 Å². The fraction of sp³-hybridized carbons (Fsp3) is 0.389. The Hall–Kier alpha value is -1.86. The molecule has 0 spiro atoms. The van der Waals surface area contributed by atoms with Gasteiger partial charge in [-0.05, 0) is 44.2 Å². The molecule has 7 heteroatoms. The van der Waals surface area contributed by atoms with Crippen molar-refractivity contribution in [3.05, 3.63) is 39.9 Å². The third kappa shape index (κ3) is 3.06. The average Bonchev–Trinajstić information content (AvgIpc) is 3.19. The van der Waals surface area contributed by atoms with Gasteiger partial charge in [0.2, 0.25) is 0 Å². The second kappa shape index (κ2) is 6.80. The van der Waals surface area contributed by atoms with E-state index in [-0.39, 0.29) is 5.97 Å². The van der Waals surface area contributed by atoms with Gasteiger partial charge in [0.25, 0.3) is 0 Å². The first kappa shape index (κ1) is 16.6. The number of aryl methyl sites for hydroxylation is 3. The van der Waals surface area contributed by atoms with Crippen LogP contribution >= 0.6 is 23.1 Å². The number of aromatic nitrogens is 2. The van der Waals surface area contributed by atoms with E-state index in [1.165, 1.54) is 35.8 Å². The molecule has 0 aliphatic heterocycles. The highest BCUT2D eigenvalue weighted by Crippen LogP contribution is 2.40. The predicted molar refractivity (Wildman–Crippen MR) is 98.4 cm³/mol. The number of hydrogen-bond acceptors (Lipinski definition) is 7. The number of thioether (sulfide) groups is 1. The molecule has 130 valence electrons. The summed E-state index contributed by atoms with van der Waals surface area (Å²) in [5.74, 6) is 1.59. The molecule has 25 heavy (non-hydrogen) atoms. The minimum absolute atomic E-state index is 0.367. The lowest BCUT2D eigenvalue weighted by molar-refractivity contribution is 0.0599. The number of carbonyl (C=O) groups excluding carboxylic acids is 1. The molecule has 1 aliphatic carbocycles. The molecule has 0 radical (unpaired) electrons. The van der Waals surface area contributed by atoms with Crippen LogP contribution in [0.5, 0.6) is 0 Å².